The molecule has 3 rings (SSSR count). The second kappa shape index (κ2) is 4.51. The molecule has 1 fully saturated rings. The van der Waals surface area contributed by atoms with E-state index in [0.717, 1.165) is 0 Å². The Hall–Kier alpha value is -2.58. The molecule has 0 spiro atoms. The van der Waals surface area contributed by atoms with Crippen molar-refractivity contribution in [3.8, 4) is 0 Å². The Morgan fingerprint density at radius 2 is 2.10 bits per heavy atom. The number of H-pyrrole nitrogens is 1. The van der Waals surface area contributed by atoms with E-state index in [9.17, 15) is 9.59 Å². The van der Waals surface area contributed by atoms with Gasteiger partial charge in [-0.3, -0.25) is 4.57 Å². The van der Waals surface area contributed by atoms with Crippen molar-refractivity contribution in [3.05, 3.63) is 16.8 Å². The van der Waals surface area contributed by atoms with Gasteiger partial charge in [0.15, 0.2) is 11.5 Å². The SMILES string of the molecule is Nc1ncnc2c1[nH]c(=O)n2C1CCN(C(=O)O)CC1. The normalized spacial score (nSPS) is 16.7. The van der Waals surface area contributed by atoms with Crippen molar-refractivity contribution < 1.29 is 9.90 Å². The maximum atomic E-state index is 12.1. The van der Waals surface area contributed by atoms with Crippen LogP contribution in [0.15, 0.2) is 11.1 Å². The van der Waals surface area contributed by atoms with Gasteiger partial charge in [-0.25, -0.2) is 19.6 Å². The molecule has 3 heterocycles. The number of nitrogens with two attached hydrogens (primary N) is 1. The Morgan fingerprint density at radius 1 is 1.40 bits per heavy atom. The number of hydrogen-bond acceptors (Lipinski definition) is 5. The molecular formula is C11H14N6O3. The lowest BCUT2D eigenvalue weighted by Gasteiger charge is -2.30. The summed E-state index contributed by atoms with van der Waals surface area (Å²) in [7, 11) is 0. The zero-order valence-electron chi connectivity index (χ0n) is 10.6. The van der Waals surface area contributed by atoms with E-state index in [-0.39, 0.29) is 17.5 Å². The van der Waals surface area contributed by atoms with Crippen molar-refractivity contribution in [2.45, 2.75) is 18.9 Å². The fourth-order valence-electron chi connectivity index (χ4n) is 2.61. The minimum absolute atomic E-state index is 0.0823. The quantitative estimate of drug-likeness (QED) is 0.674. The standard InChI is InChI=1S/C11H14N6O3/c12-8-7-9(14-5-13-8)17(10(18)15-7)6-1-3-16(4-2-6)11(19)20/h5-6H,1-4H2,(H,15,18)(H,19,20)(H2,12,13,14). The number of imidazole rings is 1. The number of nitrogens with zero attached hydrogens (tertiary/aromatic N) is 4. The van der Waals surface area contributed by atoms with Gasteiger partial charge in [0.2, 0.25) is 0 Å². The summed E-state index contributed by atoms with van der Waals surface area (Å²) in [6, 6.07) is -0.0823. The lowest BCUT2D eigenvalue weighted by Crippen LogP contribution is -2.39. The van der Waals surface area contributed by atoms with Crippen LogP contribution in [0.5, 0.6) is 0 Å². The second-order valence-electron chi connectivity index (χ2n) is 4.76. The Kier molecular flexibility index (Phi) is 2.81. The number of amides is 1. The van der Waals surface area contributed by atoms with E-state index in [1.165, 1.54) is 11.2 Å². The van der Waals surface area contributed by atoms with Gasteiger partial charge in [-0.05, 0) is 12.8 Å². The smallest absolute Gasteiger partial charge is 0.407 e. The topological polar surface area (TPSA) is 130 Å². The maximum Gasteiger partial charge on any atom is 0.407 e. The van der Waals surface area contributed by atoms with Gasteiger partial charge in [-0.15, -0.1) is 0 Å². The van der Waals surface area contributed by atoms with Gasteiger partial charge in [-0.2, -0.15) is 0 Å². The molecule has 0 atom stereocenters. The number of aromatic amines is 1. The third-order valence-corrected chi connectivity index (χ3v) is 3.64. The molecular weight excluding hydrogens is 264 g/mol. The zero-order valence-corrected chi connectivity index (χ0v) is 10.6. The van der Waals surface area contributed by atoms with Crippen LogP contribution in [0.4, 0.5) is 10.6 Å². The van der Waals surface area contributed by atoms with Crippen LogP contribution in [-0.2, 0) is 0 Å². The average Bonchev–Trinajstić information content (AvgIpc) is 2.77. The first-order valence-electron chi connectivity index (χ1n) is 6.26. The Morgan fingerprint density at radius 3 is 2.75 bits per heavy atom. The molecule has 0 bridgehead atoms. The van der Waals surface area contributed by atoms with Crippen molar-refractivity contribution in [2.75, 3.05) is 18.8 Å². The number of nitrogens with one attached hydrogen (secondary N) is 1. The van der Waals surface area contributed by atoms with Crippen molar-refractivity contribution in [3.63, 3.8) is 0 Å². The third-order valence-electron chi connectivity index (χ3n) is 3.64. The highest BCUT2D eigenvalue weighted by molar-refractivity contribution is 5.81. The number of piperidine rings is 1. The monoisotopic (exact) mass is 278 g/mol. The Balaban J connectivity index is 1.96. The molecule has 1 saturated heterocycles. The molecule has 1 aliphatic heterocycles. The van der Waals surface area contributed by atoms with Gasteiger partial charge in [0.1, 0.15) is 11.8 Å². The summed E-state index contributed by atoms with van der Waals surface area (Å²) in [4.78, 5) is 34.9. The predicted molar refractivity (Wildman–Crippen MR) is 70.4 cm³/mol. The highest BCUT2D eigenvalue weighted by Crippen LogP contribution is 2.24. The van der Waals surface area contributed by atoms with Crippen molar-refractivity contribution in [1.29, 1.82) is 0 Å². The van der Waals surface area contributed by atoms with E-state index in [2.05, 4.69) is 15.0 Å². The van der Waals surface area contributed by atoms with Crippen LogP contribution in [0.25, 0.3) is 11.2 Å². The van der Waals surface area contributed by atoms with Gasteiger partial charge in [-0.1, -0.05) is 0 Å². The summed E-state index contributed by atoms with van der Waals surface area (Å²) in [6.45, 7) is 0.805. The third kappa shape index (κ3) is 1.87. The van der Waals surface area contributed by atoms with Crippen molar-refractivity contribution in [1.82, 2.24) is 24.4 Å². The summed E-state index contributed by atoms with van der Waals surface area (Å²) in [5.74, 6) is 0.230. The molecule has 2 aromatic rings. The van der Waals surface area contributed by atoms with Gasteiger partial charge < -0.3 is 20.7 Å². The van der Waals surface area contributed by atoms with Crippen LogP contribution >= 0.6 is 0 Å². The number of fused-ring (bicyclic) bond motifs is 1. The molecule has 106 valence electrons. The van der Waals surface area contributed by atoms with Crippen LogP contribution < -0.4 is 11.4 Å². The average molecular weight is 278 g/mol. The van der Waals surface area contributed by atoms with Gasteiger partial charge >= 0.3 is 11.8 Å². The molecule has 9 heteroatoms. The number of carboxylic acid groups (broad SMARTS) is 1. The molecule has 20 heavy (non-hydrogen) atoms. The molecule has 1 aliphatic rings. The van der Waals surface area contributed by atoms with E-state index in [4.69, 9.17) is 10.8 Å². The first-order valence-corrected chi connectivity index (χ1v) is 6.26. The molecule has 4 N–H and O–H groups in total. The molecule has 0 aromatic carbocycles. The predicted octanol–water partition coefficient (Wildman–Crippen LogP) is 0.0167. The molecule has 0 saturated carbocycles. The highest BCUT2D eigenvalue weighted by Gasteiger charge is 2.26. The summed E-state index contributed by atoms with van der Waals surface area (Å²) >= 11 is 0. The molecule has 9 nitrogen and oxygen atoms in total. The number of anilines is 1. The van der Waals surface area contributed by atoms with Crippen LogP contribution in [0.3, 0.4) is 0 Å². The fraction of sp³-hybridized carbons (Fsp3) is 0.455. The molecule has 1 amide bonds. The zero-order chi connectivity index (χ0) is 14.3. The van der Waals surface area contributed by atoms with Crippen LogP contribution in [0.2, 0.25) is 0 Å². The van der Waals surface area contributed by atoms with Gasteiger partial charge in [0.25, 0.3) is 0 Å². The Labute approximate surface area is 113 Å². The van der Waals surface area contributed by atoms with E-state index < -0.39 is 6.09 Å². The maximum absolute atomic E-state index is 12.1. The summed E-state index contributed by atoms with van der Waals surface area (Å²) < 4.78 is 1.55. The van der Waals surface area contributed by atoms with E-state index in [1.807, 2.05) is 0 Å². The molecule has 0 aliphatic carbocycles. The van der Waals surface area contributed by atoms with E-state index in [0.29, 0.717) is 37.1 Å². The summed E-state index contributed by atoms with van der Waals surface area (Å²) in [5, 5.41) is 8.93. The lowest BCUT2D eigenvalue weighted by atomic mass is 10.1. The first kappa shape index (κ1) is 12.5. The largest absolute Gasteiger partial charge is 0.465 e. The molecule has 0 radical (unpaired) electrons. The van der Waals surface area contributed by atoms with Crippen LogP contribution in [0, 0.1) is 0 Å². The minimum Gasteiger partial charge on any atom is -0.465 e. The number of carbonyl (C=O) groups is 1. The number of rotatable bonds is 1. The molecule has 0 unspecified atom stereocenters. The number of aromatic nitrogens is 4. The summed E-state index contributed by atoms with van der Waals surface area (Å²) in [5.41, 5.74) is 6.32. The minimum atomic E-state index is -0.929. The Bertz CT molecular complexity index is 713. The number of hydrogen-bond donors (Lipinski definition) is 3. The fourth-order valence-corrected chi connectivity index (χ4v) is 2.61. The van der Waals surface area contributed by atoms with E-state index >= 15 is 0 Å². The lowest BCUT2D eigenvalue weighted by molar-refractivity contribution is 0.125. The van der Waals surface area contributed by atoms with Gasteiger partial charge in [0, 0.05) is 19.1 Å². The second-order valence-corrected chi connectivity index (χ2v) is 4.76. The van der Waals surface area contributed by atoms with Gasteiger partial charge in [0.05, 0.1) is 0 Å². The molecule has 2 aromatic heterocycles. The van der Waals surface area contributed by atoms with Crippen molar-refractivity contribution >= 4 is 23.1 Å². The van der Waals surface area contributed by atoms with E-state index in [1.54, 1.807) is 4.57 Å². The summed E-state index contributed by atoms with van der Waals surface area (Å²) in [6.07, 6.45) is 1.53. The number of likely N-dealkylation sites (tertiary alicyclic amines) is 1. The van der Waals surface area contributed by atoms with Crippen molar-refractivity contribution in [2.24, 2.45) is 0 Å². The van der Waals surface area contributed by atoms with Crippen LogP contribution in [0.1, 0.15) is 18.9 Å². The first-order chi connectivity index (χ1) is 9.58. The van der Waals surface area contributed by atoms with Crippen LogP contribution in [-0.4, -0.2) is 48.7 Å². The number of nitrogen functional groups attached to an aromatic ring is 1. The highest BCUT2D eigenvalue weighted by atomic mass is 16.4.